The minimum Gasteiger partial charge on any atom is -0.480 e. The van der Waals surface area contributed by atoms with Gasteiger partial charge in [-0.25, -0.2) is 9.78 Å². The molecule has 43 heavy (non-hydrogen) atoms. The molecule has 13 heteroatoms. The number of benzene rings is 2. The van der Waals surface area contributed by atoms with Crippen LogP contribution in [0.15, 0.2) is 48.7 Å². The Balaban J connectivity index is 1.68. The SMILES string of the molecule is CCOC(=O)NC(C)c1nc(-c2ccc(CC(CCO)NC(=O)c3ccc(OC(C)C(F)(F)F)c(Cl)c3)cc2)cn1CC. The van der Waals surface area contributed by atoms with Gasteiger partial charge in [0.2, 0.25) is 0 Å². The average molecular weight is 625 g/mol. The molecule has 0 aliphatic carbocycles. The molecule has 2 aromatic carbocycles. The molecule has 0 saturated heterocycles. The van der Waals surface area contributed by atoms with E-state index in [9.17, 15) is 27.9 Å². The van der Waals surface area contributed by atoms with Crippen LogP contribution in [0.2, 0.25) is 5.02 Å². The van der Waals surface area contributed by atoms with Crippen molar-refractivity contribution in [3.63, 3.8) is 0 Å². The first kappa shape index (κ1) is 33.7. The molecule has 0 fully saturated rings. The first-order valence-corrected chi connectivity index (χ1v) is 14.3. The molecule has 3 N–H and O–H groups in total. The van der Waals surface area contributed by atoms with E-state index in [1.807, 2.05) is 48.9 Å². The number of aliphatic hydroxyl groups excluding tert-OH is 1. The molecule has 0 aliphatic rings. The number of ether oxygens (including phenoxy) is 2. The summed E-state index contributed by atoms with van der Waals surface area (Å²) in [5.74, 6) is 0.0149. The highest BCUT2D eigenvalue weighted by atomic mass is 35.5. The van der Waals surface area contributed by atoms with E-state index in [1.165, 1.54) is 18.2 Å². The molecule has 3 rings (SSSR count). The third-order valence-electron chi connectivity index (χ3n) is 6.65. The van der Waals surface area contributed by atoms with Crippen molar-refractivity contribution >= 4 is 23.6 Å². The Morgan fingerprint density at radius 1 is 1.09 bits per heavy atom. The Kier molecular flexibility index (Phi) is 11.8. The van der Waals surface area contributed by atoms with Gasteiger partial charge in [-0.1, -0.05) is 35.9 Å². The molecule has 0 saturated carbocycles. The van der Waals surface area contributed by atoms with E-state index in [0.717, 1.165) is 23.7 Å². The predicted molar refractivity (Wildman–Crippen MR) is 156 cm³/mol. The van der Waals surface area contributed by atoms with Crippen molar-refractivity contribution in [2.45, 2.75) is 71.4 Å². The number of halogens is 4. The number of rotatable bonds is 13. The Morgan fingerprint density at radius 3 is 2.37 bits per heavy atom. The second-order valence-electron chi connectivity index (χ2n) is 9.89. The lowest BCUT2D eigenvalue weighted by atomic mass is 10.0. The number of nitrogens with one attached hydrogen (secondary N) is 2. The number of imidazole rings is 1. The third-order valence-corrected chi connectivity index (χ3v) is 6.94. The fraction of sp³-hybridized carbons (Fsp3) is 0.433. The van der Waals surface area contributed by atoms with Gasteiger partial charge in [0.25, 0.3) is 5.91 Å². The second-order valence-corrected chi connectivity index (χ2v) is 10.3. The van der Waals surface area contributed by atoms with E-state index in [1.54, 1.807) is 6.92 Å². The molecule has 0 radical (unpaired) electrons. The van der Waals surface area contributed by atoms with Crippen LogP contribution >= 0.6 is 11.6 Å². The van der Waals surface area contributed by atoms with Gasteiger partial charge >= 0.3 is 12.3 Å². The molecular weight excluding hydrogens is 589 g/mol. The quantitative estimate of drug-likeness (QED) is 0.212. The molecule has 3 unspecified atom stereocenters. The van der Waals surface area contributed by atoms with Crippen LogP contribution in [0.5, 0.6) is 5.75 Å². The second kappa shape index (κ2) is 15.1. The number of alkyl halides is 3. The Morgan fingerprint density at radius 2 is 1.79 bits per heavy atom. The lowest BCUT2D eigenvalue weighted by Gasteiger charge is -2.20. The molecule has 234 valence electrons. The van der Waals surface area contributed by atoms with Crippen LogP contribution in [0.1, 0.15) is 61.9 Å². The fourth-order valence-electron chi connectivity index (χ4n) is 4.32. The number of carbonyl (C=O) groups is 2. The van der Waals surface area contributed by atoms with Crippen molar-refractivity contribution in [2.75, 3.05) is 13.2 Å². The van der Waals surface area contributed by atoms with Crippen LogP contribution in [-0.4, -0.2) is 58.2 Å². The van der Waals surface area contributed by atoms with Crippen molar-refractivity contribution in [3.8, 4) is 17.0 Å². The van der Waals surface area contributed by atoms with Gasteiger partial charge in [0.05, 0.1) is 23.4 Å². The van der Waals surface area contributed by atoms with Crippen LogP contribution in [-0.2, 0) is 17.7 Å². The van der Waals surface area contributed by atoms with E-state index < -0.39 is 30.3 Å². The van der Waals surface area contributed by atoms with Crippen molar-refractivity contribution in [2.24, 2.45) is 0 Å². The van der Waals surface area contributed by atoms with Gasteiger partial charge < -0.3 is 29.8 Å². The minimum atomic E-state index is -4.56. The number of nitrogens with zero attached hydrogens (tertiary/aromatic N) is 2. The molecule has 0 aliphatic heterocycles. The van der Waals surface area contributed by atoms with E-state index in [0.29, 0.717) is 18.8 Å². The Hall–Kier alpha value is -3.77. The minimum absolute atomic E-state index is 0.127. The Labute approximate surface area is 253 Å². The van der Waals surface area contributed by atoms with Gasteiger partial charge in [-0.3, -0.25) is 4.79 Å². The van der Waals surface area contributed by atoms with E-state index in [4.69, 9.17) is 26.1 Å². The maximum absolute atomic E-state index is 12.9. The van der Waals surface area contributed by atoms with Gasteiger partial charge in [-0.05, 0) is 64.3 Å². The van der Waals surface area contributed by atoms with Crippen molar-refractivity contribution < 1.29 is 37.3 Å². The molecule has 1 heterocycles. The lowest BCUT2D eigenvalue weighted by molar-refractivity contribution is -0.189. The van der Waals surface area contributed by atoms with E-state index >= 15 is 0 Å². The molecular formula is C30H36ClF3N4O5. The van der Waals surface area contributed by atoms with Crippen LogP contribution in [0.25, 0.3) is 11.3 Å². The van der Waals surface area contributed by atoms with Gasteiger partial charge in [-0.2, -0.15) is 13.2 Å². The summed E-state index contributed by atoms with van der Waals surface area (Å²) < 4.78 is 50.3. The average Bonchev–Trinajstić information content (AvgIpc) is 3.39. The number of hydrogen-bond acceptors (Lipinski definition) is 6. The van der Waals surface area contributed by atoms with Crippen LogP contribution < -0.4 is 15.4 Å². The highest BCUT2D eigenvalue weighted by Crippen LogP contribution is 2.31. The summed E-state index contributed by atoms with van der Waals surface area (Å²) in [4.78, 5) is 29.5. The van der Waals surface area contributed by atoms with Crippen LogP contribution in [0.3, 0.4) is 0 Å². The van der Waals surface area contributed by atoms with Crippen LogP contribution in [0.4, 0.5) is 18.0 Å². The topological polar surface area (TPSA) is 115 Å². The summed E-state index contributed by atoms with van der Waals surface area (Å²) in [7, 11) is 0. The van der Waals surface area contributed by atoms with Gasteiger partial charge in [0, 0.05) is 36.5 Å². The number of carbonyl (C=O) groups excluding carboxylic acids is 2. The number of aliphatic hydroxyl groups is 1. The van der Waals surface area contributed by atoms with E-state index in [2.05, 4.69) is 10.6 Å². The van der Waals surface area contributed by atoms with Gasteiger partial charge in [0.1, 0.15) is 11.6 Å². The normalized spacial score (nSPS) is 13.6. The number of aryl methyl sites for hydroxylation is 1. The third kappa shape index (κ3) is 9.36. The standard InChI is InChI=1S/C30H36ClF3N4O5/c1-5-38-17-25(37-27(38)18(3)35-29(41)42-6-2)21-9-7-20(8-10-21)15-23(13-14-39)36-28(40)22-11-12-26(24(31)16-22)43-19(4)30(32,33)34/h7-12,16-19,23,39H,5-6,13-15H2,1-4H3,(H,35,41)(H,36,40). The van der Waals surface area contributed by atoms with Crippen molar-refractivity contribution in [1.29, 1.82) is 0 Å². The van der Waals surface area contributed by atoms with E-state index in [-0.39, 0.29) is 42.0 Å². The zero-order chi connectivity index (χ0) is 31.7. The molecule has 3 aromatic rings. The van der Waals surface area contributed by atoms with Crippen molar-refractivity contribution in [1.82, 2.24) is 20.2 Å². The summed E-state index contributed by atoms with van der Waals surface area (Å²) in [6, 6.07) is 10.6. The highest BCUT2D eigenvalue weighted by Gasteiger charge is 2.38. The highest BCUT2D eigenvalue weighted by molar-refractivity contribution is 6.32. The van der Waals surface area contributed by atoms with Crippen molar-refractivity contribution in [3.05, 3.63) is 70.6 Å². The summed E-state index contributed by atoms with van der Waals surface area (Å²) in [5, 5.41) is 15.1. The summed E-state index contributed by atoms with van der Waals surface area (Å²) in [6.45, 7) is 7.17. The first-order valence-electron chi connectivity index (χ1n) is 13.9. The van der Waals surface area contributed by atoms with Crippen LogP contribution in [0, 0.1) is 0 Å². The summed E-state index contributed by atoms with van der Waals surface area (Å²) in [6.07, 6.45) is -4.53. The van der Waals surface area contributed by atoms with Gasteiger partial charge in [-0.15, -0.1) is 0 Å². The number of aromatic nitrogens is 2. The first-order chi connectivity index (χ1) is 20.4. The zero-order valence-corrected chi connectivity index (χ0v) is 25.1. The molecule has 3 atom stereocenters. The number of amides is 2. The molecule has 9 nitrogen and oxygen atoms in total. The molecule has 0 spiro atoms. The summed E-state index contributed by atoms with van der Waals surface area (Å²) >= 11 is 6.09. The fourth-order valence-corrected chi connectivity index (χ4v) is 4.55. The molecule has 0 bridgehead atoms. The molecule has 2 amide bonds. The summed E-state index contributed by atoms with van der Waals surface area (Å²) in [5.41, 5.74) is 2.64. The zero-order valence-electron chi connectivity index (χ0n) is 24.4. The number of alkyl carbamates (subject to hydrolysis) is 1. The predicted octanol–water partition coefficient (Wildman–Crippen LogP) is 6.08. The largest absolute Gasteiger partial charge is 0.480 e. The molecule has 1 aromatic heterocycles. The monoisotopic (exact) mass is 624 g/mol. The lowest BCUT2D eigenvalue weighted by Crippen LogP contribution is -2.37. The smallest absolute Gasteiger partial charge is 0.425 e. The number of hydrogen-bond donors (Lipinski definition) is 3. The maximum Gasteiger partial charge on any atom is 0.425 e. The van der Waals surface area contributed by atoms with Gasteiger partial charge in [0.15, 0.2) is 6.10 Å². The Bertz CT molecular complexity index is 1380. The maximum atomic E-state index is 12.9.